The molecule has 0 aliphatic heterocycles. The van der Waals surface area contributed by atoms with E-state index in [0.717, 1.165) is 5.56 Å². The molecule has 1 N–H and O–H groups in total. The van der Waals surface area contributed by atoms with Crippen LogP contribution in [0.1, 0.15) is 25.0 Å². The van der Waals surface area contributed by atoms with Crippen LogP contribution in [-0.4, -0.2) is 42.9 Å². The maximum absolute atomic E-state index is 9.89. The van der Waals surface area contributed by atoms with Crippen LogP contribution in [0.4, 0.5) is 0 Å². The summed E-state index contributed by atoms with van der Waals surface area (Å²) < 4.78 is 5.65. The van der Waals surface area contributed by atoms with Crippen molar-refractivity contribution < 1.29 is 9.84 Å². The van der Waals surface area contributed by atoms with Crippen LogP contribution >= 0.6 is 11.6 Å². The van der Waals surface area contributed by atoms with E-state index in [0.29, 0.717) is 24.5 Å². The van der Waals surface area contributed by atoms with Crippen molar-refractivity contribution in [2.75, 3.05) is 26.7 Å². The molecule has 1 aromatic rings. The lowest BCUT2D eigenvalue weighted by atomic mass is 10.1. The molecule has 0 fully saturated rings. The lowest BCUT2D eigenvalue weighted by Crippen LogP contribution is -2.33. The molecule has 1 rings (SSSR count). The maximum atomic E-state index is 9.89. The second-order valence-electron chi connectivity index (χ2n) is 4.85. The molecule has 0 aromatic heterocycles. The Labute approximate surface area is 125 Å². The fourth-order valence-corrected chi connectivity index (χ4v) is 1.96. The molecule has 0 aliphatic rings. The number of nitrogens with zero attached hydrogens (tertiary/aromatic N) is 2. The van der Waals surface area contributed by atoms with Crippen LogP contribution in [0, 0.1) is 11.3 Å². The van der Waals surface area contributed by atoms with E-state index >= 15 is 0 Å². The van der Waals surface area contributed by atoms with E-state index in [4.69, 9.17) is 21.6 Å². The van der Waals surface area contributed by atoms with Gasteiger partial charge in [-0.2, -0.15) is 5.26 Å². The van der Waals surface area contributed by atoms with Gasteiger partial charge in [-0.15, -0.1) is 0 Å². The first-order valence-electron chi connectivity index (χ1n) is 6.63. The summed E-state index contributed by atoms with van der Waals surface area (Å²) in [7, 11) is 1.88. The smallest absolute Gasteiger partial charge is 0.0900 e. The zero-order chi connectivity index (χ0) is 15.0. The molecule has 0 saturated heterocycles. The van der Waals surface area contributed by atoms with Crippen LogP contribution in [0.25, 0.3) is 0 Å². The summed E-state index contributed by atoms with van der Waals surface area (Å²) in [6, 6.07) is 9.56. The number of aliphatic hydroxyl groups excluding tert-OH is 1. The van der Waals surface area contributed by atoms with E-state index in [9.17, 15) is 5.11 Å². The quantitative estimate of drug-likeness (QED) is 0.801. The Balaban J connectivity index is 2.31. The molecule has 0 saturated carbocycles. The van der Waals surface area contributed by atoms with Gasteiger partial charge in [0.25, 0.3) is 0 Å². The maximum Gasteiger partial charge on any atom is 0.0900 e. The number of hydrogen-bond donors (Lipinski definition) is 1. The van der Waals surface area contributed by atoms with Gasteiger partial charge >= 0.3 is 0 Å². The Morgan fingerprint density at radius 2 is 2.05 bits per heavy atom. The van der Waals surface area contributed by atoms with Gasteiger partial charge in [-0.1, -0.05) is 23.7 Å². The minimum absolute atomic E-state index is 0.0914. The van der Waals surface area contributed by atoms with Crippen LogP contribution in [-0.2, 0) is 4.74 Å². The van der Waals surface area contributed by atoms with E-state index in [1.165, 1.54) is 0 Å². The number of halogens is 1. The fraction of sp³-hybridized carbons (Fsp3) is 0.533. The van der Waals surface area contributed by atoms with Gasteiger partial charge in [-0.05, 0) is 31.7 Å². The largest absolute Gasteiger partial charge is 0.389 e. The Hall–Kier alpha value is -1.12. The summed E-state index contributed by atoms with van der Waals surface area (Å²) in [5, 5.41) is 19.1. The van der Waals surface area contributed by atoms with Gasteiger partial charge in [0.2, 0.25) is 0 Å². The molecule has 0 amide bonds. The third-order valence-corrected chi connectivity index (χ3v) is 3.26. The minimum atomic E-state index is -0.562. The lowest BCUT2D eigenvalue weighted by molar-refractivity contribution is -0.0128. The van der Waals surface area contributed by atoms with Crippen molar-refractivity contribution in [1.29, 1.82) is 5.26 Å². The van der Waals surface area contributed by atoms with Gasteiger partial charge < -0.3 is 14.7 Å². The van der Waals surface area contributed by atoms with Crippen molar-refractivity contribution in [3.8, 4) is 6.07 Å². The zero-order valence-electron chi connectivity index (χ0n) is 11.9. The third kappa shape index (κ3) is 6.36. The van der Waals surface area contributed by atoms with Crippen LogP contribution in [0.2, 0.25) is 5.02 Å². The molecule has 0 aliphatic carbocycles. The van der Waals surface area contributed by atoms with Gasteiger partial charge in [-0.25, -0.2) is 0 Å². The average molecular weight is 297 g/mol. The van der Waals surface area contributed by atoms with Crippen molar-refractivity contribution in [3.63, 3.8) is 0 Å². The Kier molecular flexibility index (Phi) is 7.56. The van der Waals surface area contributed by atoms with Gasteiger partial charge in [-0.3, -0.25) is 0 Å². The molecule has 20 heavy (non-hydrogen) atoms. The van der Waals surface area contributed by atoms with Crippen molar-refractivity contribution in [3.05, 3.63) is 34.9 Å². The fourth-order valence-electron chi connectivity index (χ4n) is 1.83. The van der Waals surface area contributed by atoms with Crippen LogP contribution in [0.3, 0.4) is 0 Å². The van der Waals surface area contributed by atoms with E-state index in [1.807, 2.05) is 43.1 Å². The van der Waals surface area contributed by atoms with E-state index in [-0.39, 0.29) is 12.7 Å². The van der Waals surface area contributed by atoms with Crippen LogP contribution < -0.4 is 0 Å². The summed E-state index contributed by atoms with van der Waals surface area (Å²) in [6.45, 7) is 3.35. The number of benzene rings is 1. The number of aliphatic hydroxyl groups is 1. The topological polar surface area (TPSA) is 56.5 Å². The third-order valence-electron chi connectivity index (χ3n) is 3.01. The molecule has 0 bridgehead atoms. The Bertz CT molecular complexity index is 430. The highest BCUT2D eigenvalue weighted by molar-refractivity contribution is 6.30. The summed E-state index contributed by atoms with van der Waals surface area (Å²) in [5.41, 5.74) is 1.03. The SMILES string of the molecule is CC(OCC(O)CN(C)CCC#N)c1ccc(Cl)cc1. The molecular formula is C15H21ClN2O2. The molecule has 2 atom stereocenters. The van der Waals surface area contributed by atoms with Crippen LogP contribution in [0.15, 0.2) is 24.3 Å². The first kappa shape index (κ1) is 16.9. The van der Waals surface area contributed by atoms with E-state index < -0.39 is 6.10 Å². The number of hydrogen-bond acceptors (Lipinski definition) is 4. The molecule has 0 heterocycles. The lowest BCUT2D eigenvalue weighted by Gasteiger charge is -2.21. The average Bonchev–Trinajstić information content (AvgIpc) is 2.43. The summed E-state index contributed by atoms with van der Waals surface area (Å²) >= 11 is 5.83. The second kappa shape index (κ2) is 8.93. The Morgan fingerprint density at radius 1 is 1.40 bits per heavy atom. The Morgan fingerprint density at radius 3 is 2.65 bits per heavy atom. The second-order valence-corrected chi connectivity index (χ2v) is 5.29. The van der Waals surface area contributed by atoms with Gasteiger partial charge in [0.15, 0.2) is 0 Å². The molecule has 110 valence electrons. The zero-order valence-corrected chi connectivity index (χ0v) is 12.7. The summed E-state index contributed by atoms with van der Waals surface area (Å²) in [6.07, 6.45) is -0.189. The standard InChI is InChI=1S/C15H21ClN2O2/c1-12(13-4-6-14(16)7-5-13)20-11-15(19)10-18(2)9-3-8-17/h4-7,12,15,19H,3,9-11H2,1-2H3. The highest BCUT2D eigenvalue weighted by Crippen LogP contribution is 2.19. The number of ether oxygens (including phenoxy) is 1. The van der Waals surface area contributed by atoms with Crippen LogP contribution in [0.5, 0.6) is 0 Å². The molecule has 5 heteroatoms. The van der Waals surface area contributed by atoms with Crippen molar-refractivity contribution in [1.82, 2.24) is 4.90 Å². The van der Waals surface area contributed by atoms with Crippen molar-refractivity contribution in [2.45, 2.75) is 25.6 Å². The molecule has 0 radical (unpaired) electrons. The normalized spacial score (nSPS) is 14.0. The number of likely N-dealkylation sites (N-methyl/N-ethyl adjacent to an activating group) is 1. The predicted octanol–water partition coefficient (Wildman–Crippen LogP) is 2.62. The molecular weight excluding hydrogens is 276 g/mol. The molecule has 1 aromatic carbocycles. The predicted molar refractivity (Wildman–Crippen MR) is 79.6 cm³/mol. The number of rotatable bonds is 8. The van der Waals surface area contributed by atoms with Gasteiger partial charge in [0.05, 0.1) is 24.9 Å². The molecule has 2 unspecified atom stereocenters. The monoisotopic (exact) mass is 296 g/mol. The first-order valence-corrected chi connectivity index (χ1v) is 7.01. The van der Waals surface area contributed by atoms with E-state index in [2.05, 4.69) is 6.07 Å². The van der Waals surface area contributed by atoms with E-state index in [1.54, 1.807) is 0 Å². The van der Waals surface area contributed by atoms with Gasteiger partial charge in [0, 0.05) is 24.5 Å². The summed E-state index contributed by atoms with van der Waals surface area (Å²) in [4.78, 5) is 1.92. The molecule has 4 nitrogen and oxygen atoms in total. The highest BCUT2D eigenvalue weighted by Gasteiger charge is 2.12. The van der Waals surface area contributed by atoms with Crippen molar-refractivity contribution in [2.24, 2.45) is 0 Å². The molecule has 0 spiro atoms. The van der Waals surface area contributed by atoms with Gasteiger partial charge in [0.1, 0.15) is 0 Å². The highest BCUT2D eigenvalue weighted by atomic mass is 35.5. The first-order chi connectivity index (χ1) is 9.52. The number of nitriles is 1. The van der Waals surface area contributed by atoms with Crippen molar-refractivity contribution >= 4 is 11.6 Å². The summed E-state index contributed by atoms with van der Waals surface area (Å²) in [5.74, 6) is 0. The minimum Gasteiger partial charge on any atom is -0.389 e.